The van der Waals surface area contributed by atoms with Crippen LogP contribution in [0.5, 0.6) is 5.75 Å². The first-order valence-corrected chi connectivity index (χ1v) is 13.1. The minimum Gasteiger partial charge on any atom is -0.487 e. The highest BCUT2D eigenvalue weighted by Crippen LogP contribution is 2.34. The molecule has 1 aliphatic heterocycles. The minimum absolute atomic E-state index is 0.162. The van der Waals surface area contributed by atoms with E-state index in [-0.39, 0.29) is 12.2 Å². The summed E-state index contributed by atoms with van der Waals surface area (Å²) in [4.78, 5) is 39.6. The quantitative estimate of drug-likeness (QED) is 0.172. The molecule has 0 unspecified atom stereocenters. The number of anilines is 1. The molecular weight excluding hydrogens is 591 g/mol. The number of nitrogens with one attached hydrogen (secondary N) is 1. The maximum Gasteiger partial charge on any atom is 0.335 e. The lowest BCUT2D eigenvalue weighted by Crippen LogP contribution is -2.54. The Balaban J connectivity index is 1.67. The van der Waals surface area contributed by atoms with Gasteiger partial charge in [-0.3, -0.25) is 14.9 Å². The lowest BCUT2D eigenvalue weighted by Gasteiger charge is -2.27. The Morgan fingerprint density at radius 2 is 1.71 bits per heavy atom. The highest BCUT2D eigenvalue weighted by molar-refractivity contribution is 9.10. The van der Waals surface area contributed by atoms with Crippen molar-refractivity contribution in [2.75, 3.05) is 4.90 Å². The summed E-state index contributed by atoms with van der Waals surface area (Å²) in [7, 11) is 0. The van der Waals surface area contributed by atoms with Crippen LogP contribution >= 0.6 is 39.1 Å². The molecule has 0 aliphatic carbocycles. The van der Waals surface area contributed by atoms with Crippen LogP contribution in [0.25, 0.3) is 6.08 Å². The number of benzene rings is 3. The molecule has 1 N–H and O–H groups in total. The number of hydrogen-bond acceptors (Lipinski definition) is 4. The second-order valence-corrected chi connectivity index (χ2v) is 10.5. The number of urea groups is 1. The first-order chi connectivity index (χ1) is 18.1. The largest absolute Gasteiger partial charge is 0.487 e. The molecule has 0 spiro atoms. The fourth-order valence-corrected chi connectivity index (χ4v) is 5.10. The highest BCUT2D eigenvalue weighted by atomic mass is 79.9. The van der Waals surface area contributed by atoms with Crippen molar-refractivity contribution in [1.82, 2.24) is 5.32 Å². The number of nitrogens with zero attached hydrogens (tertiary/aromatic N) is 1. The topological polar surface area (TPSA) is 75.7 Å². The van der Waals surface area contributed by atoms with Crippen LogP contribution < -0.4 is 15.0 Å². The Morgan fingerprint density at radius 3 is 2.37 bits per heavy atom. The zero-order valence-electron chi connectivity index (χ0n) is 20.6. The summed E-state index contributed by atoms with van der Waals surface area (Å²) in [5, 5.41) is 3.16. The summed E-state index contributed by atoms with van der Waals surface area (Å²) in [6, 6.07) is 13.4. The second kappa shape index (κ2) is 11.6. The summed E-state index contributed by atoms with van der Waals surface area (Å²) in [6.45, 7) is 7.80. The van der Waals surface area contributed by atoms with Gasteiger partial charge >= 0.3 is 6.03 Å². The monoisotopic (exact) mass is 612 g/mol. The maximum atomic E-state index is 13.4. The van der Waals surface area contributed by atoms with Crippen molar-refractivity contribution >= 4 is 68.7 Å². The van der Waals surface area contributed by atoms with E-state index in [0.717, 1.165) is 27.2 Å². The molecular formula is C29H23BrCl2N2O4. The summed E-state index contributed by atoms with van der Waals surface area (Å²) >= 11 is 15.7. The van der Waals surface area contributed by atoms with Gasteiger partial charge in [0, 0.05) is 0 Å². The van der Waals surface area contributed by atoms with Crippen LogP contribution in [0, 0.1) is 13.8 Å². The van der Waals surface area contributed by atoms with Gasteiger partial charge in [0.1, 0.15) is 17.9 Å². The van der Waals surface area contributed by atoms with Gasteiger partial charge in [-0.25, -0.2) is 9.69 Å². The maximum absolute atomic E-state index is 13.4. The fraction of sp³-hybridized carbons (Fsp3) is 0.138. The first-order valence-electron chi connectivity index (χ1n) is 11.6. The van der Waals surface area contributed by atoms with E-state index in [4.69, 9.17) is 27.9 Å². The van der Waals surface area contributed by atoms with E-state index in [2.05, 4.69) is 27.8 Å². The second-order valence-electron chi connectivity index (χ2n) is 8.82. The van der Waals surface area contributed by atoms with Crippen molar-refractivity contribution in [2.24, 2.45) is 0 Å². The normalized spacial score (nSPS) is 14.6. The fourth-order valence-electron chi connectivity index (χ4n) is 4.15. The Kier molecular flexibility index (Phi) is 8.41. The molecule has 3 aromatic carbocycles. The molecule has 1 saturated heterocycles. The Hall–Kier alpha value is -3.39. The van der Waals surface area contributed by atoms with Crippen LogP contribution in [-0.2, 0) is 22.6 Å². The number of ether oxygens (including phenoxy) is 1. The van der Waals surface area contributed by atoms with Gasteiger partial charge in [0.25, 0.3) is 11.8 Å². The van der Waals surface area contributed by atoms with E-state index in [1.54, 1.807) is 36.4 Å². The highest BCUT2D eigenvalue weighted by Gasteiger charge is 2.37. The van der Waals surface area contributed by atoms with Crippen LogP contribution in [0.4, 0.5) is 10.5 Å². The number of imide groups is 2. The van der Waals surface area contributed by atoms with Gasteiger partial charge in [-0.15, -0.1) is 6.58 Å². The molecule has 1 fully saturated rings. The molecule has 0 aromatic heterocycles. The van der Waals surface area contributed by atoms with Crippen LogP contribution in [0.2, 0.25) is 10.0 Å². The molecule has 0 bridgehead atoms. The SMILES string of the molecule is C=CCc1cc(/C=C2\C(=O)NC(=O)N(c3cc(C)cc(C)c3)C2=O)cc(Br)c1OCc1ccc(Cl)c(Cl)c1. The number of carbonyl (C=O) groups excluding carboxylic acids is 3. The lowest BCUT2D eigenvalue weighted by molar-refractivity contribution is -0.122. The van der Waals surface area contributed by atoms with Gasteiger partial charge < -0.3 is 4.74 Å². The number of barbiturate groups is 1. The minimum atomic E-state index is -0.790. The van der Waals surface area contributed by atoms with Crippen LogP contribution in [-0.4, -0.2) is 17.8 Å². The van der Waals surface area contributed by atoms with Crippen molar-refractivity contribution in [3.63, 3.8) is 0 Å². The molecule has 9 heteroatoms. The number of aryl methyl sites for hydroxylation is 2. The van der Waals surface area contributed by atoms with Crippen molar-refractivity contribution in [3.05, 3.63) is 109 Å². The van der Waals surface area contributed by atoms with E-state index < -0.39 is 17.8 Å². The Bertz CT molecular complexity index is 1500. The molecule has 6 nitrogen and oxygen atoms in total. The van der Waals surface area contributed by atoms with Crippen molar-refractivity contribution in [2.45, 2.75) is 26.9 Å². The standard InChI is InChI=1S/C29H23BrCl2N2O4/c1-4-5-20-11-19(13-23(30)26(20)38-15-18-6-7-24(31)25(32)14-18)12-22-27(35)33-29(37)34(28(22)36)21-9-16(2)8-17(3)10-21/h4,6-14H,1,5,15H2,2-3H3,(H,33,35,37)/b22-12+. The molecule has 4 rings (SSSR count). The van der Waals surface area contributed by atoms with E-state index in [1.807, 2.05) is 32.0 Å². The number of carbonyl (C=O) groups is 3. The van der Waals surface area contributed by atoms with Gasteiger partial charge in [-0.2, -0.15) is 0 Å². The number of halogens is 3. The molecule has 0 saturated carbocycles. The Morgan fingerprint density at radius 1 is 1.00 bits per heavy atom. The molecule has 194 valence electrons. The van der Waals surface area contributed by atoms with E-state index in [1.165, 1.54) is 6.08 Å². The van der Waals surface area contributed by atoms with Crippen LogP contribution in [0.3, 0.4) is 0 Å². The molecule has 0 atom stereocenters. The van der Waals surface area contributed by atoms with E-state index in [9.17, 15) is 14.4 Å². The summed E-state index contributed by atoms with van der Waals surface area (Å²) in [5.74, 6) is -0.878. The summed E-state index contributed by atoms with van der Waals surface area (Å²) in [6.07, 6.45) is 3.66. The third-order valence-electron chi connectivity index (χ3n) is 5.75. The third-order valence-corrected chi connectivity index (χ3v) is 7.08. The Labute approximate surface area is 239 Å². The molecule has 0 radical (unpaired) electrons. The average Bonchev–Trinajstić information content (AvgIpc) is 2.83. The number of hydrogen-bond donors (Lipinski definition) is 1. The van der Waals surface area contributed by atoms with Gasteiger partial charge in [0.2, 0.25) is 0 Å². The zero-order chi connectivity index (χ0) is 27.6. The number of amides is 4. The van der Waals surface area contributed by atoms with E-state index >= 15 is 0 Å². The number of rotatable bonds is 7. The molecule has 1 aliphatic rings. The van der Waals surface area contributed by atoms with Crippen LogP contribution in [0.15, 0.2) is 71.2 Å². The van der Waals surface area contributed by atoms with Gasteiger partial charge in [0.15, 0.2) is 0 Å². The first kappa shape index (κ1) is 27.6. The molecule has 4 amide bonds. The van der Waals surface area contributed by atoms with E-state index in [0.29, 0.717) is 37.9 Å². The predicted octanol–water partition coefficient (Wildman–Crippen LogP) is 7.35. The van der Waals surface area contributed by atoms with Gasteiger partial charge in [-0.1, -0.05) is 41.4 Å². The average molecular weight is 614 g/mol. The summed E-state index contributed by atoms with van der Waals surface area (Å²) in [5.41, 5.74) is 4.20. The van der Waals surface area contributed by atoms with Crippen molar-refractivity contribution < 1.29 is 19.1 Å². The van der Waals surface area contributed by atoms with Crippen molar-refractivity contribution in [1.29, 1.82) is 0 Å². The third kappa shape index (κ3) is 6.01. The molecule has 3 aromatic rings. The molecule has 38 heavy (non-hydrogen) atoms. The van der Waals surface area contributed by atoms with Gasteiger partial charge in [-0.05, 0) is 106 Å². The summed E-state index contributed by atoms with van der Waals surface area (Å²) < 4.78 is 6.70. The molecule has 1 heterocycles. The zero-order valence-corrected chi connectivity index (χ0v) is 23.7. The van der Waals surface area contributed by atoms with Crippen LogP contribution in [0.1, 0.15) is 27.8 Å². The van der Waals surface area contributed by atoms with Crippen molar-refractivity contribution in [3.8, 4) is 5.75 Å². The number of allylic oxidation sites excluding steroid dienone is 1. The smallest absolute Gasteiger partial charge is 0.335 e. The lowest BCUT2D eigenvalue weighted by atomic mass is 10.0. The van der Waals surface area contributed by atoms with Gasteiger partial charge in [0.05, 0.1) is 20.2 Å². The predicted molar refractivity (Wildman–Crippen MR) is 154 cm³/mol.